The molecule has 0 aromatic heterocycles. The summed E-state index contributed by atoms with van der Waals surface area (Å²) < 4.78 is 0. The minimum atomic E-state index is -0.205. The first-order chi connectivity index (χ1) is 9.60. The maximum absolute atomic E-state index is 12.0. The number of amides is 1. The Labute approximate surface area is 118 Å². The van der Waals surface area contributed by atoms with Gasteiger partial charge >= 0.3 is 0 Å². The summed E-state index contributed by atoms with van der Waals surface area (Å²) in [5, 5.41) is 12.4. The van der Waals surface area contributed by atoms with Crippen LogP contribution in [0.2, 0.25) is 0 Å². The van der Waals surface area contributed by atoms with Crippen molar-refractivity contribution < 1.29 is 9.90 Å². The third kappa shape index (κ3) is 3.36. The summed E-state index contributed by atoms with van der Waals surface area (Å²) in [6.07, 6.45) is 0. The number of nitrogens with one attached hydrogen (secondary N) is 1. The van der Waals surface area contributed by atoms with Gasteiger partial charge in [0.2, 0.25) is 0 Å². The summed E-state index contributed by atoms with van der Waals surface area (Å²) in [5.41, 5.74) is 8.80. The van der Waals surface area contributed by atoms with Crippen LogP contribution in [0, 0.1) is 6.92 Å². The lowest BCUT2D eigenvalue weighted by molar-refractivity contribution is 0.0950. The lowest BCUT2D eigenvalue weighted by Gasteiger charge is -2.07. The van der Waals surface area contributed by atoms with Crippen molar-refractivity contribution in [1.82, 2.24) is 5.32 Å². The number of aryl methyl sites for hydroxylation is 1. The molecule has 2 aromatic rings. The molecule has 0 unspecified atom stereocenters. The Morgan fingerprint density at radius 2 is 1.80 bits per heavy atom. The molecule has 0 fully saturated rings. The molecule has 0 radical (unpaired) electrons. The van der Waals surface area contributed by atoms with E-state index < -0.39 is 0 Å². The summed E-state index contributed by atoms with van der Waals surface area (Å²) >= 11 is 0. The Morgan fingerprint density at radius 3 is 2.40 bits per heavy atom. The molecule has 2 rings (SSSR count). The lowest BCUT2D eigenvalue weighted by atomic mass is 10.1. The second-order valence-corrected chi connectivity index (χ2v) is 4.70. The van der Waals surface area contributed by atoms with E-state index in [1.807, 2.05) is 24.3 Å². The van der Waals surface area contributed by atoms with Gasteiger partial charge in [0.05, 0.1) is 0 Å². The van der Waals surface area contributed by atoms with Crippen LogP contribution in [0.3, 0.4) is 0 Å². The highest BCUT2D eigenvalue weighted by molar-refractivity contribution is 5.94. The maximum Gasteiger partial charge on any atom is 0.251 e. The number of aromatic hydroxyl groups is 1. The first-order valence-electron chi connectivity index (χ1n) is 6.46. The maximum atomic E-state index is 12.0. The van der Waals surface area contributed by atoms with Crippen molar-refractivity contribution in [2.24, 2.45) is 5.73 Å². The number of benzene rings is 2. The van der Waals surface area contributed by atoms with E-state index in [0.29, 0.717) is 18.7 Å². The first-order valence-corrected chi connectivity index (χ1v) is 6.46. The SMILES string of the molecule is Cc1ccc(C(=O)NCc2ccc(CN)cc2)cc1O. The number of hydrogen-bond donors (Lipinski definition) is 3. The van der Waals surface area contributed by atoms with Crippen LogP contribution in [0.25, 0.3) is 0 Å². The van der Waals surface area contributed by atoms with Crippen LogP contribution in [0.1, 0.15) is 27.0 Å². The number of phenols is 1. The molecule has 0 bridgehead atoms. The van der Waals surface area contributed by atoms with E-state index >= 15 is 0 Å². The first kappa shape index (κ1) is 14.1. The van der Waals surface area contributed by atoms with Crippen LogP contribution < -0.4 is 11.1 Å². The molecule has 2 aromatic carbocycles. The molecular weight excluding hydrogens is 252 g/mol. The predicted molar refractivity (Wildman–Crippen MR) is 78.3 cm³/mol. The minimum Gasteiger partial charge on any atom is -0.508 e. The molecule has 0 aliphatic rings. The molecule has 0 atom stereocenters. The second kappa shape index (κ2) is 6.21. The molecule has 4 heteroatoms. The molecule has 0 spiro atoms. The van der Waals surface area contributed by atoms with Crippen LogP contribution >= 0.6 is 0 Å². The van der Waals surface area contributed by atoms with Crippen LogP contribution in [-0.4, -0.2) is 11.0 Å². The van der Waals surface area contributed by atoms with Crippen molar-refractivity contribution in [3.8, 4) is 5.75 Å². The number of hydrogen-bond acceptors (Lipinski definition) is 3. The Morgan fingerprint density at radius 1 is 1.15 bits per heavy atom. The van der Waals surface area contributed by atoms with Crippen molar-refractivity contribution in [2.75, 3.05) is 0 Å². The number of nitrogens with two attached hydrogens (primary N) is 1. The smallest absolute Gasteiger partial charge is 0.251 e. The number of rotatable bonds is 4. The van der Waals surface area contributed by atoms with Gasteiger partial charge in [0.25, 0.3) is 5.91 Å². The molecule has 0 saturated carbocycles. The lowest BCUT2D eigenvalue weighted by Crippen LogP contribution is -2.22. The molecule has 4 N–H and O–H groups in total. The molecule has 4 nitrogen and oxygen atoms in total. The average Bonchev–Trinajstić information content (AvgIpc) is 2.48. The highest BCUT2D eigenvalue weighted by atomic mass is 16.3. The number of carbonyl (C=O) groups excluding carboxylic acids is 1. The van der Waals surface area contributed by atoms with Crippen LogP contribution in [0.15, 0.2) is 42.5 Å². The van der Waals surface area contributed by atoms with Gasteiger partial charge in [0.15, 0.2) is 0 Å². The quantitative estimate of drug-likeness (QED) is 0.796. The zero-order valence-corrected chi connectivity index (χ0v) is 11.4. The highest BCUT2D eigenvalue weighted by Gasteiger charge is 2.07. The van der Waals surface area contributed by atoms with E-state index in [4.69, 9.17) is 5.73 Å². The van der Waals surface area contributed by atoms with Crippen LogP contribution in [-0.2, 0) is 13.1 Å². The summed E-state index contributed by atoms with van der Waals surface area (Å²) in [4.78, 5) is 12.0. The van der Waals surface area contributed by atoms with Gasteiger partial charge in [-0.15, -0.1) is 0 Å². The fourth-order valence-electron chi connectivity index (χ4n) is 1.83. The zero-order chi connectivity index (χ0) is 14.5. The van der Waals surface area contributed by atoms with Gasteiger partial charge in [-0.2, -0.15) is 0 Å². The van der Waals surface area contributed by atoms with Gasteiger partial charge in [-0.1, -0.05) is 30.3 Å². The van der Waals surface area contributed by atoms with E-state index in [9.17, 15) is 9.90 Å². The standard InChI is InChI=1S/C16H18N2O2/c1-11-2-7-14(8-15(11)19)16(20)18-10-13-5-3-12(9-17)4-6-13/h2-8,19H,9-10,17H2,1H3,(H,18,20). The molecule has 0 aliphatic heterocycles. The van der Waals surface area contributed by atoms with Crippen molar-refractivity contribution >= 4 is 5.91 Å². The van der Waals surface area contributed by atoms with Crippen molar-refractivity contribution in [2.45, 2.75) is 20.0 Å². The van der Waals surface area contributed by atoms with E-state index in [2.05, 4.69) is 5.32 Å². The summed E-state index contributed by atoms with van der Waals surface area (Å²) in [6, 6.07) is 12.7. The van der Waals surface area contributed by atoms with Crippen LogP contribution in [0.5, 0.6) is 5.75 Å². The summed E-state index contributed by atoms with van der Waals surface area (Å²) in [7, 11) is 0. The molecule has 0 saturated heterocycles. The van der Waals surface area contributed by atoms with E-state index in [1.54, 1.807) is 19.1 Å². The molecular formula is C16H18N2O2. The summed E-state index contributed by atoms with van der Waals surface area (Å²) in [6.45, 7) is 2.74. The van der Waals surface area contributed by atoms with Gasteiger partial charge in [0, 0.05) is 18.7 Å². The van der Waals surface area contributed by atoms with Gasteiger partial charge in [0.1, 0.15) is 5.75 Å². The monoisotopic (exact) mass is 270 g/mol. The highest BCUT2D eigenvalue weighted by Crippen LogP contribution is 2.17. The molecule has 0 heterocycles. The van der Waals surface area contributed by atoms with E-state index in [-0.39, 0.29) is 11.7 Å². The van der Waals surface area contributed by atoms with E-state index in [1.165, 1.54) is 6.07 Å². The number of carbonyl (C=O) groups is 1. The minimum absolute atomic E-state index is 0.130. The molecule has 104 valence electrons. The predicted octanol–water partition coefficient (Wildman–Crippen LogP) is 2.09. The normalized spacial score (nSPS) is 10.3. The topological polar surface area (TPSA) is 75.4 Å². The van der Waals surface area contributed by atoms with Crippen molar-refractivity contribution in [1.29, 1.82) is 0 Å². The zero-order valence-electron chi connectivity index (χ0n) is 11.4. The molecule has 0 aliphatic carbocycles. The van der Waals surface area contributed by atoms with Gasteiger partial charge in [-0.25, -0.2) is 0 Å². The van der Waals surface area contributed by atoms with Gasteiger partial charge < -0.3 is 16.2 Å². The second-order valence-electron chi connectivity index (χ2n) is 4.70. The van der Waals surface area contributed by atoms with Gasteiger partial charge in [-0.05, 0) is 35.7 Å². The molecule has 20 heavy (non-hydrogen) atoms. The average molecular weight is 270 g/mol. The Balaban J connectivity index is 1.98. The van der Waals surface area contributed by atoms with Crippen LogP contribution in [0.4, 0.5) is 0 Å². The van der Waals surface area contributed by atoms with E-state index in [0.717, 1.165) is 16.7 Å². The van der Waals surface area contributed by atoms with Crippen molar-refractivity contribution in [3.63, 3.8) is 0 Å². The third-order valence-electron chi connectivity index (χ3n) is 3.18. The van der Waals surface area contributed by atoms with Crippen molar-refractivity contribution in [3.05, 3.63) is 64.7 Å². The Kier molecular flexibility index (Phi) is 4.38. The Hall–Kier alpha value is -2.33. The fraction of sp³-hybridized carbons (Fsp3) is 0.188. The fourth-order valence-corrected chi connectivity index (χ4v) is 1.83. The summed E-state index contributed by atoms with van der Waals surface area (Å²) in [5.74, 6) is -0.0758. The largest absolute Gasteiger partial charge is 0.508 e. The molecule has 1 amide bonds. The number of phenolic OH excluding ortho intramolecular Hbond substituents is 1. The Bertz CT molecular complexity index is 606. The third-order valence-corrected chi connectivity index (χ3v) is 3.18. The van der Waals surface area contributed by atoms with Gasteiger partial charge in [-0.3, -0.25) is 4.79 Å².